The summed E-state index contributed by atoms with van der Waals surface area (Å²) in [6.45, 7) is 13.6. The first-order valence-corrected chi connectivity index (χ1v) is 7.26. The van der Waals surface area contributed by atoms with Crippen molar-refractivity contribution < 1.29 is 0 Å². The molecule has 0 saturated carbocycles. The van der Waals surface area contributed by atoms with E-state index < -0.39 is 0 Å². The Bertz CT molecular complexity index is 268. The van der Waals surface area contributed by atoms with Crippen LogP contribution in [0.4, 0.5) is 0 Å². The zero-order valence-corrected chi connectivity index (χ0v) is 15.4. The second kappa shape index (κ2) is 9.80. The second-order valence-electron chi connectivity index (χ2n) is 5.68. The first kappa shape index (κ1) is 19.0. The van der Waals surface area contributed by atoms with E-state index in [1.54, 1.807) is 0 Å². The van der Waals surface area contributed by atoms with E-state index in [0.717, 1.165) is 18.4 Å². The molecular weight excluding hydrogens is 351 g/mol. The molecule has 0 aliphatic carbocycles. The number of halogens is 1. The lowest BCUT2D eigenvalue weighted by atomic mass is 10.1. The van der Waals surface area contributed by atoms with E-state index in [4.69, 9.17) is 0 Å². The van der Waals surface area contributed by atoms with Gasteiger partial charge in [-0.1, -0.05) is 20.8 Å². The van der Waals surface area contributed by atoms with E-state index in [2.05, 4.69) is 48.2 Å². The monoisotopic (exact) mass is 382 g/mol. The predicted molar refractivity (Wildman–Crippen MR) is 94.4 cm³/mol. The normalized spacial score (nSPS) is 22.2. The summed E-state index contributed by atoms with van der Waals surface area (Å²) in [6, 6.07) is 0.451. The average molecular weight is 382 g/mol. The fourth-order valence-electron chi connectivity index (χ4n) is 2.18. The van der Waals surface area contributed by atoms with Crippen LogP contribution < -0.4 is 10.6 Å². The zero-order chi connectivity index (χ0) is 13.5. The molecule has 0 aromatic rings. The van der Waals surface area contributed by atoms with Gasteiger partial charge in [-0.05, 0) is 38.3 Å². The molecule has 0 aromatic heterocycles. The van der Waals surface area contributed by atoms with Crippen molar-refractivity contribution in [2.24, 2.45) is 16.8 Å². The zero-order valence-electron chi connectivity index (χ0n) is 13.1. The number of aliphatic imine (C=N–C) groups is 1. The molecule has 0 aromatic carbocycles. The maximum absolute atomic E-state index is 4.29. The van der Waals surface area contributed by atoms with Crippen LogP contribution in [0.5, 0.6) is 0 Å². The Hall–Kier alpha value is -0.0400. The molecule has 19 heavy (non-hydrogen) atoms. The molecule has 114 valence electrons. The predicted octanol–water partition coefficient (Wildman–Crippen LogP) is 2.16. The van der Waals surface area contributed by atoms with E-state index in [-0.39, 0.29) is 24.0 Å². The first-order valence-electron chi connectivity index (χ1n) is 7.26. The molecule has 1 rings (SSSR count). The summed E-state index contributed by atoms with van der Waals surface area (Å²) in [7, 11) is 1.84. The number of rotatable bonds is 5. The van der Waals surface area contributed by atoms with Gasteiger partial charge in [0, 0.05) is 26.2 Å². The van der Waals surface area contributed by atoms with Crippen LogP contribution in [-0.2, 0) is 0 Å². The molecule has 1 aliphatic rings. The Morgan fingerprint density at radius 3 is 2.53 bits per heavy atom. The van der Waals surface area contributed by atoms with Crippen LogP contribution in [0.1, 0.15) is 34.1 Å². The minimum Gasteiger partial charge on any atom is -0.356 e. The molecule has 1 aliphatic heterocycles. The summed E-state index contributed by atoms with van der Waals surface area (Å²) in [5, 5.41) is 6.89. The Balaban J connectivity index is 0.00000324. The molecule has 0 radical (unpaired) electrons. The van der Waals surface area contributed by atoms with Gasteiger partial charge >= 0.3 is 0 Å². The van der Waals surface area contributed by atoms with Gasteiger partial charge in [-0.2, -0.15) is 0 Å². The Morgan fingerprint density at radius 1 is 1.37 bits per heavy atom. The van der Waals surface area contributed by atoms with E-state index in [0.29, 0.717) is 12.0 Å². The van der Waals surface area contributed by atoms with E-state index in [1.165, 1.54) is 26.1 Å². The summed E-state index contributed by atoms with van der Waals surface area (Å²) in [5.41, 5.74) is 0. The van der Waals surface area contributed by atoms with Gasteiger partial charge in [-0.3, -0.25) is 4.99 Å². The molecule has 0 spiro atoms. The van der Waals surface area contributed by atoms with Gasteiger partial charge in [0.05, 0.1) is 0 Å². The third-order valence-electron chi connectivity index (χ3n) is 3.96. The lowest BCUT2D eigenvalue weighted by molar-refractivity contribution is 0.341. The highest BCUT2D eigenvalue weighted by molar-refractivity contribution is 14.0. The molecule has 2 unspecified atom stereocenters. The molecule has 5 heteroatoms. The molecule has 0 bridgehead atoms. The minimum atomic E-state index is 0. The summed E-state index contributed by atoms with van der Waals surface area (Å²) >= 11 is 0. The topological polar surface area (TPSA) is 39.7 Å². The summed E-state index contributed by atoms with van der Waals surface area (Å²) in [5.74, 6) is 2.31. The maximum atomic E-state index is 4.29. The van der Waals surface area contributed by atoms with Gasteiger partial charge in [-0.15, -0.1) is 24.0 Å². The second-order valence-corrected chi connectivity index (χ2v) is 5.68. The fraction of sp³-hybridized carbons (Fsp3) is 0.929. The molecule has 2 atom stereocenters. The number of likely N-dealkylation sites (tertiary alicyclic amines) is 1. The molecule has 1 saturated heterocycles. The van der Waals surface area contributed by atoms with Crippen molar-refractivity contribution in [2.45, 2.75) is 40.2 Å². The van der Waals surface area contributed by atoms with Gasteiger partial charge in [0.25, 0.3) is 0 Å². The third kappa shape index (κ3) is 6.79. The van der Waals surface area contributed by atoms with Crippen LogP contribution in [0.3, 0.4) is 0 Å². The highest BCUT2D eigenvalue weighted by atomic mass is 127. The van der Waals surface area contributed by atoms with E-state index in [1.807, 2.05) is 7.05 Å². The number of hydrogen-bond acceptors (Lipinski definition) is 2. The van der Waals surface area contributed by atoms with Crippen molar-refractivity contribution in [3.8, 4) is 0 Å². The van der Waals surface area contributed by atoms with Crippen molar-refractivity contribution in [3.63, 3.8) is 0 Å². The standard InChI is InChI=1S/C14H30N4.HI/c1-6-18-8-7-13(10-18)9-16-14(15-5)17-12(4)11(2)3;/h11-13H,6-10H2,1-5H3,(H2,15,16,17);1H. The first-order chi connectivity index (χ1) is 8.56. The minimum absolute atomic E-state index is 0. The number of hydrogen-bond donors (Lipinski definition) is 2. The molecule has 1 fully saturated rings. The van der Waals surface area contributed by atoms with Gasteiger partial charge in [0.1, 0.15) is 0 Å². The lowest BCUT2D eigenvalue weighted by Gasteiger charge is -2.22. The molecular formula is C14H31IN4. The van der Waals surface area contributed by atoms with Crippen LogP contribution in [0.25, 0.3) is 0 Å². The summed E-state index contributed by atoms with van der Waals surface area (Å²) in [4.78, 5) is 6.80. The average Bonchev–Trinajstić information content (AvgIpc) is 2.81. The van der Waals surface area contributed by atoms with Crippen molar-refractivity contribution in [1.29, 1.82) is 0 Å². The fourth-order valence-corrected chi connectivity index (χ4v) is 2.18. The third-order valence-corrected chi connectivity index (χ3v) is 3.96. The lowest BCUT2D eigenvalue weighted by Crippen LogP contribution is -2.45. The van der Waals surface area contributed by atoms with Crippen molar-refractivity contribution in [2.75, 3.05) is 33.2 Å². The largest absolute Gasteiger partial charge is 0.356 e. The van der Waals surface area contributed by atoms with Crippen LogP contribution in [0.15, 0.2) is 4.99 Å². The van der Waals surface area contributed by atoms with Gasteiger partial charge in [0.15, 0.2) is 5.96 Å². The highest BCUT2D eigenvalue weighted by Gasteiger charge is 2.21. The molecule has 0 amide bonds. The SMILES string of the molecule is CCN1CCC(CNC(=NC)NC(C)C(C)C)C1.I. The summed E-state index contributed by atoms with van der Waals surface area (Å²) in [6.07, 6.45) is 1.30. The Morgan fingerprint density at radius 2 is 2.05 bits per heavy atom. The van der Waals surface area contributed by atoms with Gasteiger partial charge < -0.3 is 15.5 Å². The van der Waals surface area contributed by atoms with E-state index >= 15 is 0 Å². The Kier molecular flexibility index (Phi) is 9.78. The van der Waals surface area contributed by atoms with Crippen LogP contribution in [0, 0.1) is 11.8 Å². The quantitative estimate of drug-likeness (QED) is 0.435. The van der Waals surface area contributed by atoms with Gasteiger partial charge in [0.2, 0.25) is 0 Å². The van der Waals surface area contributed by atoms with Crippen LogP contribution in [-0.4, -0.2) is 50.1 Å². The van der Waals surface area contributed by atoms with Crippen molar-refractivity contribution in [1.82, 2.24) is 15.5 Å². The molecule has 2 N–H and O–H groups in total. The molecule has 1 heterocycles. The van der Waals surface area contributed by atoms with E-state index in [9.17, 15) is 0 Å². The maximum Gasteiger partial charge on any atom is 0.191 e. The van der Waals surface area contributed by atoms with Crippen LogP contribution >= 0.6 is 24.0 Å². The number of nitrogens with one attached hydrogen (secondary N) is 2. The summed E-state index contributed by atoms with van der Waals surface area (Å²) < 4.78 is 0. The molecule has 4 nitrogen and oxygen atoms in total. The van der Waals surface area contributed by atoms with Gasteiger partial charge in [-0.25, -0.2) is 0 Å². The highest BCUT2D eigenvalue weighted by Crippen LogP contribution is 2.14. The Labute approximate surface area is 135 Å². The number of guanidine groups is 1. The smallest absolute Gasteiger partial charge is 0.191 e. The van der Waals surface area contributed by atoms with Crippen molar-refractivity contribution in [3.05, 3.63) is 0 Å². The number of nitrogens with zero attached hydrogens (tertiary/aromatic N) is 2. The van der Waals surface area contributed by atoms with Crippen LogP contribution in [0.2, 0.25) is 0 Å². The van der Waals surface area contributed by atoms with Crippen molar-refractivity contribution >= 4 is 29.9 Å².